The summed E-state index contributed by atoms with van der Waals surface area (Å²) < 4.78 is 0. The first kappa shape index (κ1) is 8.20. The lowest BCUT2D eigenvalue weighted by atomic mass is 10.4. The molecule has 62 valence electrons. The van der Waals surface area contributed by atoms with Gasteiger partial charge in [0.25, 0.3) is 0 Å². The van der Waals surface area contributed by atoms with Gasteiger partial charge in [-0.3, -0.25) is 10.1 Å². The molecule has 1 aromatic rings. The lowest BCUT2D eigenvalue weighted by molar-refractivity contribution is 0.407. The van der Waals surface area contributed by atoms with Gasteiger partial charge in [-0.2, -0.15) is 10.4 Å². The van der Waals surface area contributed by atoms with Crippen LogP contribution in [0, 0.1) is 11.3 Å². The molecule has 0 fully saturated rings. The number of hydrogen-bond donors (Lipinski definition) is 1. The maximum atomic E-state index is 8.55. The van der Waals surface area contributed by atoms with Crippen LogP contribution >= 0.6 is 0 Å². The van der Waals surface area contributed by atoms with E-state index in [1.165, 1.54) is 11.2 Å². The predicted octanol–water partition coefficient (Wildman–Crippen LogP) is 0.842. The highest BCUT2D eigenvalue weighted by Crippen LogP contribution is 2.13. The average Bonchev–Trinajstić information content (AvgIpc) is 2.47. The third kappa shape index (κ3) is 1.79. The van der Waals surface area contributed by atoms with Gasteiger partial charge in [0.15, 0.2) is 5.82 Å². The van der Waals surface area contributed by atoms with Crippen molar-refractivity contribution in [3.63, 3.8) is 0 Å². The van der Waals surface area contributed by atoms with Crippen LogP contribution in [0.3, 0.4) is 0 Å². The minimum Gasteiger partial charge on any atom is -0.285 e. The number of H-pyrrole nitrogens is 1. The van der Waals surface area contributed by atoms with Crippen LogP contribution in [0.5, 0.6) is 0 Å². The van der Waals surface area contributed by atoms with E-state index in [4.69, 9.17) is 5.26 Å². The van der Waals surface area contributed by atoms with Crippen LogP contribution in [0.15, 0.2) is 16.5 Å². The van der Waals surface area contributed by atoms with Gasteiger partial charge in [0.2, 0.25) is 0 Å². The summed E-state index contributed by atoms with van der Waals surface area (Å²) in [5.74, 6) is 0.381. The highest BCUT2D eigenvalue weighted by molar-refractivity contribution is 5.44. The van der Waals surface area contributed by atoms with Crippen molar-refractivity contribution in [1.29, 1.82) is 5.26 Å². The molecule has 0 unspecified atom stereocenters. The molecule has 1 rings (SSSR count). The lowest BCUT2D eigenvalue weighted by Gasteiger charge is -1.98. The number of nitrogens with one attached hydrogen (secondary N) is 1. The van der Waals surface area contributed by atoms with Gasteiger partial charge in [-0.25, -0.2) is 0 Å². The minimum absolute atomic E-state index is 0.381. The molecule has 1 aromatic heterocycles. The van der Waals surface area contributed by atoms with E-state index in [-0.39, 0.29) is 0 Å². The summed E-state index contributed by atoms with van der Waals surface area (Å²) in [6.07, 6.45) is 1.41. The fraction of sp³-hybridized carbons (Fsp3) is 0.333. The molecule has 0 aliphatic carbocycles. The van der Waals surface area contributed by atoms with Crippen LogP contribution in [0.2, 0.25) is 0 Å². The van der Waals surface area contributed by atoms with Crippen molar-refractivity contribution in [3.05, 3.63) is 11.8 Å². The summed E-state index contributed by atoms with van der Waals surface area (Å²) in [6, 6.07) is 1.93. The Labute approximate surface area is 69.5 Å². The Morgan fingerprint density at radius 2 is 2.42 bits per heavy atom. The maximum Gasteiger partial charge on any atom is 0.190 e. The molecule has 6 heteroatoms. The summed E-state index contributed by atoms with van der Waals surface area (Å²) in [5, 5.41) is 23.7. The van der Waals surface area contributed by atoms with Crippen LogP contribution in [0.4, 0.5) is 5.82 Å². The van der Waals surface area contributed by atoms with Crippen molar-refractivity contribution in [2.75, 3.05) is 14.1 Å². The quantitative estimate of drug-likeness (QED) is 0.519. The second-order valence-corrected chi connectivity index (χ2v) is 2.28. The van der Waals surface area contributed by atoms with Crippen LogP contribution in [-0.4, -0.2) is 29.3 Å². The molecular weight excluding hydrogens is 156 g/mol. The molecule has 0 atom stereocenters. The monoisotopic (exact) mass is 164 g/mol. The molecule has 0 saturated heterocycles. The largest absolute Gasteiger partial charge is 0.285 e. The van der Waals surface area contributed by atoms with Crippen molar-refractivity contribution in [2.24, 2.45) is 10.3 Å². The number of nitrogens with zero attached hydrogens (tertiary/aromatic N) is 5. The van der Waals surface area contributed by atoms with Crippen molar-refractivity contribution in [3.8, 4) is 6.07 Å². The smallest absolute Gasteiger partial charge is 0.190 e. The van der Waals surface area contributed by atoms with Crippen LogP contribution in [0.1, 0.15) is 5.56 Å². The van der Waals surface area contributed by atoms with Gasteiger partial charge in [0.1, 0.15) is 11.6 Å². The molecule has 0 aromatic carbocycles. The molecule has 0 amide bonds. The third-order valence-corrected chi connectivity index (χ3v) is 1.06. The molecule has 0 saturated carbocycles. The van der Waals surface area contributed by atoms with Crippen molar-refractivity contribution >= 4 is 5.82 Å². The Balaban J connectivity index is 2.83. The third-order valence-electron chi connectivity index (χ3n) is 1.06. The number of nitriles is 1. The Kier molecular flexibility index (Phi) is 2.38. The summed E-state index contributed by atoms with van der Waals surface area (Å²) >= 11 is 0. The lowest BCUT2D eigenvalue weighted by Crippen LogP contribution is -1.98. The number of aromatic nitrogens is 2. The zero-order valence-corrected chi connectivity index (χ0v) is 6.81. The fourth-order valence-corrected chi connectivity index (χ4v) is 0.572. The number of aromatic amines is 1. The van der Waals surface area contributed by atoms with Crippen LogP contribution < -0.4 is 0 Å². The molecule has 0 bridgehead atoms. The van der Waals surface area contributed by atoms with Crippen LogP contribution in [0.25, 0.3) is 0 Å². The van der Waals surface area contributed by atoms with E-state index < -0.39 is 0 Å². The first-order chi connectivity index (χ1) is 5.74. The minimum atomic E-state index is 0.381. The van der Waals surface area contributed by atoms with E-state index in [0.29, 0.717) is 11.4 Å². The van der Waals surface area contributed by atoms with Gasteiger partial charge in [0.05, 0.1) is 6.20 Å². The highest BCUT2D eigenvalue weighted by atomic mass is 15.5. The molecule has 0 aliphatic heterocycles. The zero-order valence-electron chi connectivity index (χ0n) is 6.81. The van der Waals surface area contributed by atoms with E-state index in [0.717, 1.165) is 0 Å². The Hall–Kier alpha value is -1.90. The van der Waals surface area contributed by atoms with E-state index in [1.807, 2.05) is 6.07 Å². The molecule has 12 heavy (non-hydrogen) atoms. The summed E-state index contributed by atoms with van der Waals surface area (Å²) in [7, 11) is 3.48. The second-order valence-electron chi connectivity index (χ2n) is 2.28. The van der Waals surface area contributed by atoms with E-state index in [1.54, 1.807) is 14.1 Å². The zero-order chi connectivity index (χ0) is 8.97. The first-order valence-electron chi connectivity index (χ1n) is 3.26. The van der Waals surface area contributed by atoms with E-state index in [2.05, 4.69) is 20.5 Å². The van der Waals surface area contributed by atoms with Crippen molar-refractivity contribution in [1.82, 2.24) is 15.2 Å². The maximum absolute atomic E-state index is 8.55. The van der Waals surface area contributed by atoms with Gasteiger partial charge >= 0.3 is 0 Å². The predicted molar refractivity (Wildman–Crippen MR) is 41.5 cm³/mol. The summed E-state index contributed by atoms with van der Waals surface area (Å²) in [5.41, 5.74) is 0.389. The fourth-order valence-electron chi connectivity index (χ4n) is 0.572. The Morgan fingerprint density at radius 3 is 3.00 bits per heavy atom. The van der Waals surface area contributed by atoms with Crippen molar-refractivity contribution in [2.45, 2.75) is 0 Å². The SMILES string of the molecule is CN(C)N=Nc1[nH]ncc1C#N. The Bertz CT molecular complexity index is 317. The highest BCUT2D eigenvalue weighted by Gasteiger charge is 2.01. The molecular formula is C6H8N6. The average molecular weight is 164 g/mol. The van der Waals surface area contributed by atoms with Gasteiger partial charge in [0, 0.05) is 14.1 Å². The summed E-state index contributed by atoms with van der Waals surface area (Å²) in [6.45, 7) is 0. The van der Waals surface area contributed by atoms with Crippen molar-refractivity contribution < 1.29 is 0 Å². The molecule has 0 aliphatic rings. The molecule has 0 radical (unpaired) electrons. The standard InChI is InChI=1S/C6H8N6/c1-12(2)11-10-6-5(3-7)4-8-9-6/h4H,1-2H3,(H,8,9). The number of rotatable bonds is 2. The van der Waals surface area contributed by atoms with Gasteiger partial charge in [-0.05, 0) is 0 Å². The van der Waals surface area contributed by atoms with Gasteiger partial charge in [-0.1, -0.05) is 5.22 Å². The normalized spacial score (nSPS) is 10.1. The second kappa shape index (κ2) is 3.48. The van der Waals surface area contributed by atoms with Gasteiger partial charge < -0.3 is 0 Å². The first-order valence-corrected chi connectivity index (χ1v) is 3.26. The molecule has 1 N–H and O–H groups in total. The van der Waals surface area contributed by atoms with E-state index in [9.17, 15) is 0 Å². The van der Waals surface area contributed by atoms with Gasteiger partial charge in [-0.15, -0.1) is 5.11 Å². The molecule has 0 spiro atoms. The number of hydrogen-bond acceptors (Lipinski definition) is 4. The van der Waals surface area contributed by atoms with Crippen LogP contribution in [-0.2, 0) is 0 Å². The van der Waals surface area contributed by atoms with E-state index >= 15 is 0 Å². The molecule has 1 heterocycles. The molecule has 6 nitrogen and oxygen atoms in total. The summed E-state index contributed by atoms with van der Waals surface area (Å²) in [4.78, 5) is 0. The Morgan fingerprint density at radius 1 is 1.67 bits per heavy atom. The topological polar surface area (TPSA) is 80.4 Å².